The molecule has 4 fully saturated rings. The molecule has 4 bridgehead atoms. The van der Waals surface area contributed by atoms with Crippen LogP contribution in [0, 0.1) is 30.1 Å². The van der Waals surface area contributed by atoms with Gasteiger partial charge in [-0.15, -0.1) is 11.3 Å². The fraction of sp³-hybridized carbons (Fsp3) is 0.667. The van der Waals surface area contributed by atoms with Crippen LogP contribution in [0.2, 0.25) is 0 Å². The number of esters is 1. The summed E-state index contributed by atoms with van der Waals surface area (Å²) in [4.78, 5) is 38.6. The van der Waals surface area contributed by atoms with Crippen molar-refractivity contribution in [3.05, 3.63) is 21.9 Å². The van der Waals surface area contributed by atoms with Gasteiger partial charge in [0, 0.05) is 16.7 Å². The Labute approximate surface area is 158 Å². The van der Waals surface area contributed by atoms with Crippen molar-refractivity contribution in [1.82, 2.24) is 0 Å². The topological polar surface area (TPSA) is 60.4 Å². The van der Waals surface area contributed by atoms with E-state index in [-0.39, 0.29) is 36.4 Å². The molecular weight excluding hydrogens is 348 g/mol. The van der Waals surface area contributed by atoms with E-state index in [2.05, 4.69) is 0 Å². The van der Waals surface area contributed by atoms with Crippen molar-refractivity contribution >= 4 is 28.9 Å². The van der Waals surface area contributed by atoms with Gasteiger partial charge in [0.25, 0.3) is 0 Å². The highest BCUT2D eigenvalue weighted by Crippen LogP contribution is 2.60. The first kappa shape index (κ1) is 17.9. The van der Waals surface area contributed by atoms with E-state index in [0.717, 1.165) is 24.1 Å². The SMILES string of the molecule is Cc1ccc(C(=O)CCC(=O)OCC(=O)C23CC4CC(CC(C4)C2)C3)s1. The van der Waals surface area contributed by atoms with Crippen LogP contribution in [0.1, 0.15) is 65.9 Å². The van der Waals surface area contributed by atoms with Crippen LogP contribution in [-0.4, -0.2) is 24.1 Å². The third-order valence-electron chi connectivity index (χ3n) is 6.57. The summed E-state index contributed by atoms with van der Waals surface area (Å²) >= 11 is 1.44. The molecule has 0 radical (unpaired) electrons. The first-order valence-corrected chi connectivity index (χ1v) is 10.5. The van der Waals surface area contributed by atoms with Crippen molar-refractivity contribution in [2.45, 2.75) is 58.3 Å². The molecule has 0 amide bonds. The second kappa shape index (κ2) is 6.91. The largest absolute Gasteiger partial charge is 0.458 e. The number of Topliss-reactive ketones (excluding diaryl/α,β-unsaturated/α-hetero) is 2. The van der Waals surface area contributed by atoms with Crippen molar-refractivity contribution in [2.24, 2.45) is 23.2 Å². The average molecular weight is 375 g/mol. The molecule has 4 aliphatic rings. The lowest BCUT2D eigenvalue weighted by molar-refractivity contribution is -0.157. The van der Waals surface area contributed by atoms with Gasteiger partial charge in [-0.3, -0.25) is 14.4 Å². The summed E-state index contributed by atoms with van der Waals surface area (Å²) < 4.78 is 5.25. The zero-order chi connectivity index (χ0) is 18.3. The molecule has 1 aromatic heterocycles. The summed E-state index contributed by atoms with van der Waals surface area (Å²) in [5, 5.41) is 0. The van der Waals surface area contributed by atoms with Crippen molar-refractivity contribution in [2.75, 3.05) is 6.61 Å². The van der Waals surface area contributed by atoms with E-state index in [0.29, 0.717) is 22.6 Å². The van der Waals surface area contributed by atoms with Gasteiger partial charge in [-0.05, 0) is 75.3 Å². The molecule has 4 aliphatic carbocycles. The quantitative estimate of drug-likeness (QED) is 0.526. The van der Waals surface area contributed by atoms with Crippen LogP contribution in [-0.2, 0) is 14.3 Å². The van der Waals surface area contributed by atoms with Gasteiger partial charge in [0.2, 0.25) is 0 Å². The van der Waals surface area contributed by atoms with Gasteiger partial charge in [-0.25, -0.2) is 0 Å². The maximum atomic E-state index is 12.8. The molecule has 1 heterocycles. The fourth-order valence-corrected chi connectivity index (χ4v) is 6.58. The highest BCUT2D eigenvalue weighted by Gasteiger charge is 2.54. The third kappa shape index (κ3) is 3.51. The van der Waals surface area contributed by atoms with E-state index in [4.69, 9.17) is 4.74 Å². The van der Waals surface area contributed by atoms with Crippen LogP contribution < -0.4 is 0 Å². The number of thiophene rings is 1. The molecule has 0 aromatic carbocycles. The molecular formula is C21H26O4S. The van der Waals surface area contributed by atoms with Crippen LogP contribution in [0.3, 0.4) is 0 Å². The monoisotopic (exact) mass is 374 g/mol. The average Bonchev–Trinajstić information content (AvgIpc) is 3.03. The zero-order valence-electron chi connectivity index (χ0n) is 15.3. The number of aryl methyl sites for hydroxylation is 1. The van der Waals surface area contributed by atoms with Gasteiger partial charge in [-0.2, -0.15) is 0 Å². The normalized spacial score (nSPS) is 31.8. The smallest absolute Gasteiger partial charge is 0.306 e. The molecule has 0 atom stereocenters. The molecule has 0 spiro atoms. The molecule has 1 aromatic rings. The van der Waals surface area contributed by atoms with Gasteiger partial charge in [-0.1, -0.05) is 0 Å². The van der Waals surface area contributed by atoms with Crippen LogP contribution in [0.4, 0.5) is 0 Å². The van der Waals surface area contributed by atoms with Gasteiger partial charge in [0.1, 0.15) is 0 Å². The minimum absolute atomic E-state index is 0.0348. The molecule has 0 saturated heterocycles. The number of ketones is 2. The number of carbonyl (C=O) groups excluding carboxylic acids is 3. The van der Waals surface area contributed by atoms with E-state index in [1.165, 1.54) is 30.6 Å². The first-order chi connectivity index (χ1) is 12.4. The minimum Gasteiger partial charge on any atom is -0.458 e. The molecule has 5 heteroatoms. The Morgan fingerprint density at radius 3 is 2.19 bits per heavy atom. The standard InChI is InChI=1S/C21H26O4S/c1-13-2-4-18(26-13)17(22)3-5-20(24)25-12-19(23)21-9-14-6-15(10-21)8-16(7-14)11-21/h2,4,14-16H,3,5-12H2,1H3. The molecule has 5 rings (SSSR count). The Hall–Kier alpha value is -1.49. The van der Waals surface area contributed by atoms with E-state index in [1.807, 2.05) is 13.0 Å². The Balaban J connectivity index is 1.25. The Bertz CT molecular complexity index is 697. The summed E-state index contributed by atoms with van der Waals surface area (Å²) in [5.74, 6) is 1.75. The minimum atomic E-state index is -0.440. The first-order valence-electron chi connectivity index (χ1n) is 9.72. The number of ether oxygens (including phenoxy) is 1. The summed E-state index contributed by atoms with van der Waals surface area (Å²) in [6.45, 7) is 1.84. The van der Waals surface area contributed by atoms with Crippen LogP contribution >= 0.6 is 11.3 Å². The van der Waals surface area contributed by atoms with E-state index in [1.54, 1.807) is 6.07 Å². The van der Waals surface area contributed by atoms with E-state index < -0.39 is 5.97 Å². The van der Waals surface area contributed by atoms with Gasteiger partial charge in [0.05, 0.1) is 11.3 Å². The second-order valence-corrected chi connectivity index (χ2v) is 9.90. The highest BCUT2D eigenvalue weighted by atomic mass is 32.1. The Morgan fingerprint density at radius 2 is 1.65 bits per heavy atom. The van der Waals surface area contributed by atoms with Crippen molar-refractivity contribution < 1.29 is 19.1 Å². The lowest BCUT2D eigenvalue weighted by Crippen LogP contribution is -2.51. The fourth-order valence-electron chi connectivity index (χ4n) is 5.75. The van der Waals surface area contributed by atoms with Crippen LogP contribution in [0.15, 0.2) is 12.1 Å². The van der Waals surface area contributed by atoms with Gasteiger partial charge in [0.15, 0.2) is 18.2 Å². The summed E-state index contributed by atoms with van der Waals surface area (Å²) in [7, 11) is 0. The van der Waals surface area contributed by atoms with Crippen LogP contribution in [0.5, 0.6) is 0 Å². The summed E-state index contributed by atoms with van der Waals surface area (Å²) in [6.07, 6.45) is 7.03. The number of hydrogen-bond acceptors (Lipinski definition) is 5. The maximum Gasteiger partial charge on any atom is 0.306 e. The third-order valence-corrected chi connectivity index (χ3v) is 7.61. The number of rotatable bonds is 7. The summed E-state index contributed by atoms with van der Waals surface area (Å²) in [5.41, 5.74) is -0.223. The van der Waals surface area contributed by atoms with Gasteiger partial charge >= 0.3 is 5.97 Å². The highest BCUT2D eigenvalue weighted by molar-refractivity contribution is 7.14. The molecule has 26 heavy (non-hydrogen) atoms. The molecule has 4 saturated carbocycles. The maximum absolute atomic E-state index is 12.8. The second-order valence-electron chi connectivity index (χ2n) is 8.62. The number of hydrogen-bond donors (Lipinski definition) is 0. The zero-order valence-corrected chi connectivity index (χ0v) is 16.1. The summed E-state index contributed by atoms with van der Waals surface area (Å²) in [6, 6.07) is 3.70. The lowest BCUT2D eigenvalue weighted by Gasteiger charge is -2.55. The molecule has 0 unspecified atom stereocenters. The molecule has 4 nitrogen and oxygen atoms in total. The number of carbonyl (C=O) groups is 3. The van der Waals surface area contributed by atoms with E-state index in [9.17, 15) is 14.4 Å². The Kier molecular flexibility index (Phi) is 4.76. The lowest BCUT2D eigenvalue weighted by atomic mass is 9.48. The van der Waals surface area contributed by atoms with Crippen molar-refractivity contribution in [3.8, 4) is 0 Å². The molecule has 0 aliphatic heterocycles. The van der Waals surface area contributed by atoms with Gasteiger partial charge < -0.3 is 4.74 Å². The predicted octanol–water partition coefficient (Wildman–Crippen LogP) is 4.35. The molecule has 0 N–H and O–H groups in total. The Morgan fingerprint density at radius 1 is 1.04 bits per heavy atom. The molecule has 140 valence electrons. The van der Waals surface area contributed by atoms with Crippen molar-refractivity contribution in [1.29, 1.82) is 0 Å². The van der Waals surface area contributed by atoms with Crippen molar-refractivity contribution in [3.63, 3.8) is 0 Å². The van der Waals surface area contributed by atoms with Crippen LogP contribution in [0.25, 0.3) is 0 Å². The predicted molar refractivity (Wildman–Crippen MR) is 99.2 cm³/mol. The van der Waals surface area contributed by atoms with E-state index >= 15 is 0 Å².